The lowest BCUT2D eigenvalue weighted by Crippen LogP contribution is -2.24. The van der Waals surface area contributed by atoms with E-state index in [4.69, 9.17) is 0 Å². The fraction of sp³-hybridized carbons (Fsp3) is 0.333. The molecule has 1 heterocycles. The molecular formula is C18H21N5O2. The summed E-state index contributed by atoms with van der Waals surface area (Å²) in [6.45, 7) is 1.75. The summed E-state index contributed by atoms with van der Waals surface area (Å²) in [6.07, 6.45) is 9.72. The quantitative estimate of drug-likeness (QED) is 0.792. The van der Waals surface area contributed by atoms with Gasteiger partial charge in [0.2, 0.25) is 11.8 Å². The summed E-state index contributed by atoms with van der Waals surface area (Å²) in [4.78, 5) is 28.0. The third-order valence-corrected chi connectivity index (χ3v) is 4.21. The summed E-state index contributed by atoms with van der Waals surface area (Å²) in [5.74, 6) is 0.167. The Labute approximate surface area is 146 Å². The minimum Gasteiger partial charge on any atom is -0.326 e. The summed E-state index contributed by atoms with van der Waals surface area (Å²) >= 11 is 0. The fourth-order valence-electron chi connectivity index (χ4n) is 2.74. The number of rotatable bonds is 6. The largest absolute Gasteiger partial charge is 0.326 e. The van der Waals surface area contributed by atoms with Crippen LogP contribution >= 0.6 is 0 Å². The van der Waals surface area contributed by atoms with Crippen molar-refractivity contribution in [2.75, 3.05) is 10.6 Å². The Hall–Kier alpha value is -2.96. The standard InChI is InChI=1S/C18H21N5O2/c1-13(23-12-19-11-20-23)18(25)22-16-8-6-15(7-9-16)21-17(24)10-14-4-2-3-5-14/h2,4,6-9,11-14H,3,5,10H2,1H3,(H,21,24)(H,22,25)/t13-,14-/m0/s1. The van der Waals surface area contributed by atoms with Gasteiger partial charge in [-0.05, 0) is 49.9 Å². The molecule has 2 N–H and O–H groups in total. The van der Waals surface area contributed by atoms with Gasteiger partial charge in [0.05, 0.1) is 0 Å². The van der Waals surface area contributed by atoms with Crippen molar-refractivity contribution in [3.8, 4) is 0 Å². The molecule has 1 aliphatic rings. The molecule has 130 valence electrons. The number of nitrogens with zero attached hydrogens (tertiary/aromatic N) is 3. The molecule has 0 saturated carbocycles. The van der Waals surface area contributed by atoms with Gasteiger partial charge in [0.15, 0.2) is 0 Å². The maximum Gasteiger partial charge on any atom is 0.249 e. The van der Waals surface area contributed by atoms with E-state index in [0.29, 0.717) is 23.7 Å². The summed E-state index contributed by atoms with van der Waals surface area (Å²) in [5, 5.41) is 9.67. The van der Waals surface area contributed by atoms with E-state index in [1.54, 1.807) is 31.2 Å². The fourth-order valence-corrected chi connectivity index (χ4v) is 2.74. The maximum absolute atomic E-state index is 12.2. The number of aromatic nitrogens is 3. The molecule has 7 nitrogen and oxygen atoms in total. The number of anilines is 2. The zero-order chi connectivity index (χ0) is 17.6. The van der Waals surface area contributed by atoms with Gasteiger partial charge in [-0.1, -0.05) is 12.2 Å². The predicted octanol–water partition coefficient (Wildman–Crippen LogP) is 2.77. The van der Waals surface area contributed by atoms with Crippen LogP contribution in [-0.4, -0.2) is 26.6 Å². The molecule has 7 heteroatoms. The third-order valence-electron chi connectivity index (χ3n) is 4.21. The molecule has 1 aromatic carbocycles. The molecule has 0 bridgehead atoms. The zero-order valence-electron chi connectivity index (χ0n) is 14.1. The first-order chi connectivity index (χ1) is 12.1. The topological polar surface area (TPSA) is 88.9 Å². The number of nitrogens with one attached hydrogen (secondary N) is 2. The van der Waals surface area contributed by atoms with Crippen LogP contribution in [0.1, 0.15) is 32.2 Å². The monoisotopic (exact) mass is 339 g/mol. The lowest BCUT2D eigenvalue weighted by atomic mass is 10.1. The van der Waals surface area contributed by atoms with Gasteiger partial charge in [-0.3, -0.25) is 9.59 Å². The van der Waals surface area contributed by atoms with E-state index in [-0.39, 0.29) is 11.8 Å². The zero-order valence-corrected chi connectivity index (χ0v) is 14.1. The minimum atomic E-state index is -0.457. The number of carbonyl (C=O) groups excluding carboxylic acids is 2. The summed E-state index contributed by atoms with van der Waals surface area (Å²) in [7, 11) is 0. The van der Waals surface area contributed by atoms with Crippen molar-refractivity contribution >= 4 is 23.2 Å². The molecule has 0 radical (unpaired) electrons. The number of amides is 2. The maximum atomic E-state index is 12.2. The van der Waals surface area contributed by atoms with Crippen molar-refractivity contribution in [2.24, 2.45) is 5.92 Å². The molecule has 25 heavy (non-hydrogen) atoms. The Morgan fingerprint density at radius 1 is 1.24 bits per heavy atom. The van der Waals surface area contributed by atoms with Crippen LogP contribution in [0.4, 0.5) is 11.4 Å². The molecule has 0 unspecified atom stereocenters. The SMILES string of the molecule is C[C@@H](C(=O)Nc1ccc(NC(=O)C[C@H]2C=CCC2)cc1)n1cncn1. The van der Waals surface area contributed by atoms with E-state index in [0.717, 1.165) is 12.8 Å². The Bertz CT molecular complexity index is 752. The van der Waals surface area contributed by atoms with Crippen molar-refractivity contribution in [3.63, 3.8) is 0 Å². The number of carbonyl (C=O) groups is 2. The molecule has 3 rings (SSSR count). The molecule has 2 aromatic rings. The van der Waals surface area contributed by atoms with Gasteiger partial charge in [0.1, 0.15) is 18.7 Å². The predicted molar refractivity (Wildman–Crippen MR) is 94.9 cm³/mol. The van der Waals surface area contributed by atoms with Crippen molar-refractivity contribution in [2.45, 2.75) is 32.2 Å². The van der Waals surface area contributed by atoms with E-state index in [1.165, 1.54) is 17.3 Å². The molecule has 2 atom stereocenters. The van der Waals surface area contributed by atoms with Crippen LogP contribution in [0, 0.1) is 5.92 Å². The van der Waals surface area contributed by atoms with Gasteiger partial charge in [-0.25, -0.2) is 9.67 Å². The Morgan fingerprint density at radius 3 is 2.56 bits per heavy atom. The highest BCUT2D eigenvalue weighted by atomic mass is 16.2. The molecule has 2 amide bonds. The van der Waals surface area contributed by atoms with E-state index in [1.807, 2.05) is 0 Å². The highest BCUT2D eigenvalue weighted by molar-refractivity contribution is 5.94. The lowest BCUT2D eigenvalue weighted by molar-refractivity contribution is -0.119. The third kappa shape index (κ3) is 4.53. The van der Waals surface area contributed by atoms with Crippen LogP contribution in [0.3, 0.4) is 0 Å². The highest BCUT2D eigenvalue weighted by Crippen LogP contribution is 2.21. The van der Waals surface area contributed by atoms with E-state index in [2.05, 4.69) is 32.9 Å². The van der Waals surface area contributed by atoms with Crippen LogP contribution in [-0.2, 0) is 9.59 Å². The molecule has 0 fully saturated rings. The second-order valence-corrected chi connectivity index (χ2v) is 6.14. The Balaban J connectivity index is 1.52. The first kappa shape index (κ1) is 16.9. The highest BCUT2D eigenvalue weighted by Gasteiger charge is 2.16. The van der Waals surface area contributed by atoms with Gasteiger partial charge in [0, 0.05) is 17.8 Å². The number of benzene rings is 1. The number of hydrogen-bond donors (Lipinski definition) is 2. The summed E-state index contributed by atoms with van der Waals surface area (Å²) in [6, 6.07) is 6.62. The van der Waals surface area contributed by atoms with Gasteiger partial charge >= 0.3 is 0 Å². The average molecular weight is 339 g/mol. The van der Waals surface area contributed by atoms with Crippen molar-refractivity contribution in [1.82, 2.24) is 14.8 Å². The first-order valence-electron chi connectivity index (χ1n) is 8.33. The average Bonchev–Trinajstić information content (AvgIpc) is 3.29. The molecule has 0 spiro atoms. The van der Waals surface area contributed by atoms with Gasteiger partial charge in [-0.2, -0.15) is 5.10 Å². The van der Waals surface area contributed by atoms with Crippen LogP contribution in [0.15, 0.2) is 49.1 Å². The molecular weight excluding hydrogens is 318 g/mol. The van der Waals surface area contributed by atoms with Crippen molar-refractivity contribution in [3.05, 3.63) is 49.1 Å². The van der Waals surface area contributed by atoms with Gasteiger partial charge < -0.3 is 10.6 Å². The van der Waals surface area contributed by atoms with Crippen molar-refractivity contribution in [1.29, 1.82) is 0 Å². The minimum absolute atomic E-state index is 0.00754. The number of allylic oxidation sites excluding steroid dienone is 2. The Morgan fingerprint density at radius 2 is 1.96 bits per heavy atom. The van der Waals surface area contributed by atoms with Crippen molar-refractivity contribution < 1.29 is 9.59 Å². The molecule has 0 saturated heterocycles. The Kier molecular flexibility index (Phi) is 5.23. The second kappa shape index (κ2) is 7.74. The smallest absolute Gasteiger partial charge is 0.249 e. The van der Waals surface area contributed by atoms with E-state index < -0.39 is 6.04 Å². The van der Waals surface area contributed by atoms with Gasteiger partial charge in [0.25, 0.3) is 0 Å². The number of hydrogen-bond acceptors (Lipinski definition) is 4. The molecule has 1 aromatic heterocycles. The summed E-state index contributed by atoms with van der Waals surface area (Å²) in [5.41, 5.74) is 1.38. The molecule has 1 aliphatic carbocycles. The van der Waals surface area contributed by atoms with Gasteiger partial charge in [-0.15, -0.1) is 0 Å². The normalized spacial score (nSPS) is 17.2. The van der Waals surface area contributed by atoms with Crippen LogP contribution in [0.5, 0.6) is 0 Å². The molecule has 0 aliphatic heterocycles. The van der Waals surface area contributed by atoms with Crippen LogP contribution < -0.4 is 10.6 Å². The van der Waals surface area contributed by atoms with E-state index >= 15 is 0 Å². The van der Waals surface area contributed by atoms with E-state index in [9.17, 15) is 9.59 Å². The summed E-state index contributed by atoms with van der Waals surface area (Å²) < 4.78 is 1.49. The first-order valence-corrected chi connectivity index (χ1v) is 8.33. The van der Waals surface area contributed by atoms with Crippen LogP contribution in [0.25, 0.3) is 0 Å². The van der Waals surface area contributed by atoms with Crippen LogP contribution in [0.2, 0.25) is 0 Å². The lowest BCUT2D eigenvalue weighted by Gasteiger charge is -2.13. The second-order valence-electron chi connectivity index (χ2n) is 6.14.